The number of para-hydroxylation sites is 2. The van der Waals surface area contributed by atoms with Crippen LogP contribution in [0.25, 0.3) is 16.7 Å². The molecule has 2 aromatic heterocycles. The number of ether oxygens (including phenoxy) is 2. The van der Waals surface area contributed by atoms with Crippen molar-refractivity contribution in [3.63, 3.8) is 0 Å². The molecule has 9 nitrogen and oxygen atoms in total. The topological polar surface area (TPSA) is 108 Å². The van der Waals surface area contributed by atoms with E-state index in [4.69, 9.17) is 9.47 Å². The van der Waals surface area contributed by atoms with Crippen molar-refractivity contribution in [2.24, 2.45) is 0 Å². The molecule has 5 rings (SSSR count). The fourth-order valence-electron chi connectivity index (χ4n) is 3.40. The van der Waals surface area contributed by atoms with Crippen LogP contribution in [0.3, 0.4) is 0 Å². The predicted molar refractivity (Wildman–Crippen MR) is 128 cm³/mol. The molecule has 10 heteroatoms. The van der Waals surface area contributed by atoms with Gasteiger partial charge in [0.1, 0.15) is 17.8 Å². The third kappa shape index (κ3) is 4.35. The van der Waals surface area contributed by atoms with Crippen molar-refractivity contribution < 1.29 is 17.9 Å². The molecule has 0 fully saturated rings. The van der Waals surface area contributed by atoms with Crippen LogP contribution in [0.4, 0.5) is 5.69 Å². The van der Waals surface area contributed by atoms with Crippen molar-refractivity contribution in [2.75, 3.05) is 11.3 Å². The maximum absolute atomic E-state index is 12.7. The Morgan fingerprint density at radius 2 is 1.68 bits per heavy atom. The van der Waals surface area contributed by atoms with Crippen LogP contribution < -0.4 is 14.2 Å². The van der Waals surface area contributed by atoms with Crippen LogP contribution in [0.5, 0.6) is 17.4 Å². The minimum absolute atomic E-state index is 0.145. The summed E-state index contributed by atoms with van der Waals surface area (Å²) in [4.78, 5) is 4.70. The van der Waals surface area contributed by atoms with Gasteiger partial charge in [-0.05, 0) is 67.1 Å². The van der Waals surface area contributed by atoms with Gasteiger partial charge in [-0.15, -0.1) is 10.2 Å². The van der Waals surface area contributed by atoms with E-state index < -0.39 is 10.0 Å². The van der Waals surface area contributed by atoms with Crippen LogP contribution in [-0.2, 0) is 10.0 Å². The molecular weight excluding hydrogens is 454 g/mol. The summed E-state index contributed by atoms with van der Waals surface area (Å²) >= 11 is 0. The van der Waals surface area contributed by atoms with E-state index in [0.29, 0.717) is 35.3 Å². The van der Waals surface area contributed by atoms with E-state index in [1.165, 1.54) is 12.1 Å². The van der Waals surface area contributed by atoms with Crippen LogP contribution in [0.1, 0.15) is 13.3 Å². The Balaban J connectivity index is 1.33. The Morgan fingerprint density at radius 1 is 0.941 bits per heavy atom. The van der Waals surface area contributed by atoms with Crippen LogP contribution >= 0.6 is 0 Å². The zero-order valence-corrected chi connectivity index (χ0v) is 19.1. The summed E-state index contributed by atoms with van der Waals surface area (Å²) in [6.45, 7) is 2.59. The molecule has 1 N–H and O–H groups in total. The lowest BCUT2D eigenvalue weighted by Crippen LogP contribution is -2.12. The van der Waals surface area contributed by atoms with Gasteiger partial charge in [-0.1, -0.05) is 19.1 Å². The number of hydrogen-bond donors (Lipinski definition) is 1. The summed E-state index contributed by atoms with van der Waals surface area (Å²) in [6, 6.07) is 20.5. The average Bonchev–Trinajstić information content (AvgIpc) is 3.35. The number of hydrogen-bond acceptors (Lipinski definition) is 7. The molecule has 34 heavy (non-hydrogen) atoms. The zero-order chi connectivity index (χ0) is 23.5. The predicted octanol–water partition coefficient (Wildman–Crippen LogP) is 4.66. The first-order chi connectivity index (χ1) is 16.5. The van der Waals surface area contributed by atoms with Crippen molar-refractivity contribution in [1.29, 1.82) is 0 Å². The molecule has 0 saturated carbocycles. The maximum atomic E-state index is 12.7. The van der Waals surface area contributed by atoms with E-state index in [0.717, 1.165) is 17.5 Å². The second-order valence-electron chi connectivity index (χ2n) is 7.48. The molecule has 0 aliphatic carbocycles. The van der Waals surface area contributed by atoms with E-state index in [2.05, 4.69) is 19.9 Å². The van der Waals surface area contributed by atoms with E-state index in [9.17, 15) is 8.42 Å². The first-order valence-electron chi connectivity index (χ1n) is 10.7. The van der Waals surface area contributed by atoms with Gasteiger partial charge in [-0.25, -0.2) is 13.4 Å². The average molecular weight is 476 g/mol. The molecule has 0 bridgehead atoms. The van der Waals surface area contributed by atoms with Gasteiger partial charge >= 0.3 is 0 Å². The number of nitrogens with zero attached hydrogens (tertiary/aromatic N) is 4. The lowest BCUT2D eigenvalue weighted by molar-refractivity contribution is 0.317. The molecule has 0 radical (unpaired) electrons. The normalized spacial score (nSPS) is 11.6. The highest BCUT2D eigenvalue weighted by atomic mass is 32.2. The van der Waals surface area contributed by atoms with Gasteiger partial charge in [-0.3, -0.25) is 9.12 Å². The number of rotatable bonds is 8. The molecule has 0 aliphatic heterocycles. The molecule has 0 spiro atoms. The van der Waals surface area contributed by atoms with Gasteiger partial charge in [0.05, 0.1) is 22.5 Å². The Kier molecular flexibility index (Phi) is 5.72. The number of fused-ring (bicyclic) bond motifs is 3. The molecule has 3 aromatic carbocycles. The molecule has 2 heterocycles. The van der Waals surface area contributed by atoms with Gasteiger partial charge in [0, 0.05) is 5.69 Å². The molecule has 0 aliphatic rings. The molecule has 5 aromatic rings. The third-order valence-corrected chi connectivity index (χ3v) is 6.43. The summed E-state index contributed by atoms with van der Waals surface area (Å²) in [5.74, 6) is 1.41. The van der Waals surface area contributed by atoms with Gasteiger partial charge in [-0.2, -0.15) is 0 Å². The molecule has 0 atom stereocenters. The minimum Gasteiger partial charge on any atom is -0.494 e. The Bertz CT molecular complexity index is 1550. The smallest absolute Gasteiger partial charge is 0.266 e. The lowest BCUT2D eigenvalue weighted by atomic mass is 10.3. The summed E-state index contributed by atoms with van der Waals surface area (Å²) < 4.78 is 41.3. The van der Waals surface area contributed by atoms with E-state index in [1.807, 2.05) is 31.2 Å². The van der Waals surface area contributed by atoms with Crippen molar-refractivity contribution in [3.8, 4) is 17.4 Å². The summed E-state index contributed by atoms with van der Waals surface area (Å²) in [5, 5.41) is 8.08. The van der Waals surface area contributed by atoms with Crippen molar-refractivity contribution in [2.45, 2.75) is 18.2 Å². The van der Waals surface area contributed by atoms with Crippen LogP contribution in [0.15, 0.2) is 84.0 Å². The second kappa shape index (κ2) is 8.99. The fourth-order valence-corrected chi connectivity index (χ4v) is 4.46. The van der Waals surface area contributed by atoms with Gasteiger partial charge < -0.3 is 9.47 Å². The van der Waals surface area contributed by atoms with E-state index in [-0.39, 0.29) is 4.90 Å². The SMILES string of the molecule is CCCOc1ccc(S(=O)(=O)Nc2ccc(Oc3nc4ccccc4n4cnnc34)cc2)cc1. The van der Waals surface area contributed by atoms with Crippen molar-refractivity contribution in [1.82, 2.24) is 19.6 Å². The molecule has 0 saturated heterocycles. The monoisotopic (exact) mass is 475 g/mol. The highest BCUT2D eigenvalue weighted by Gasteiger charge is 2.15. The second-order valence-corrected chi connectivity index (χ2v) is 9.16. The molecule has 0 amide bonds. The number of aromatic nitrogens is 4. The highest BCUT2D eigenvalue weighted by Crippen LogP contribution is 2.28. The largest absolute Gasteiger partial charge is 0.494 e. The third-order valence-electron chi connectivity index (χ3n) is 5.03. The highest BCUT2D eigenvalue weighted by molar-refractivity contribution is 7.92. The maximum Gasteiger partial charge on any atom is 0.266 e. The van der Waals surface area contributed by atoms with Crippen molar-refractivity contribution >= 4 is 32.4 Å². The van der Waals surface area contributed by atoms with Crippen LogP contribution in [0.2, 0.25) is 0 Å². The van der Waals surface area contributed by atoms with Gasteiger partial charge in [0.25, 0.3) is 15.9 Å². The first kappa shape index (κ1) is 21.7. The Morgan fingerprint density at radius 3 is 2.44 bits per heavy atom. The van der Waals surface area contributed by atoms with Crippen LogP contribution in [0, 0.1) is 0 Å². The number of anilines is 1. The first-order valence-corrected chi connectivity index (χ1v) is 12.1. The Hall–Kier alpha value is -4.18. The van der Waals surface area contributed by atoms with E-state index in [1.54, 1.807) is 47.1 Å². The Labute approximate surface area is 196 Å². The molecular formula is C24H21N5O4S. The minimum atomic E-state index is -3.75. The van der Waals surface area contributed by atoms with Crippen LogP contribution in [-0.4, -0.2) is 34.6 Å². The number of nitrogens with one attached hydrogen (secondary N) is 1. The quantitative estimate of drug-likeness (QED) is 0.348. The van der Waals surface area contributed by atoms with Crippen molar-refractivity contribution in [3.05, 3.63) is 79.1 Å². The fraction of sp³-hybridized carbons (Fsp3) is 0.125. The molecule has 172 valence electrons. The van der Waals surface area contributed by atoms with Gasteiger partial charge in [0.15, 0.2) is 0 Å². The number of benzene rings is 3. The lowest BCUT2D eigenvalue weighted by Gasteiger charge is -2.11. The zero-order valence-electron chi connectivity index (χ0n) is 18.2. The summed E-state index contributed by atoms with van der Waals surface area (Å²) in [6.07, 6.45) is 2.48. The summed E-state index contributed by atoms with van der Waals surface area (Å²) in [7, 11) is -3.75. The standard InChI is InChI=1S/C24H21N5O4S/c1-2-15-32-18-11-13-20(14-12-18)34(30,31)28-17-7-9-19(10-8-17)33-24-23-27-25-16-29(23)22-6-4-3-5-21(22)26-24/h3-14,16,28H,2,15H2,1H3. The summed E-state index contributed by atoms with van der Waals surface area (Å²) in [5.41, 5.74) is 2.48. The number of sulfonamides is 1. The molecule has 0 unspecified atom stereocenters. The van der Waals surface area contributed by atoms with Gasteiger partial charge in [0.2, 0.25) is 5.65 Å². The van der Waals surface area contributed by atoms with E-state index >= 15 is 0 Å².